The van der Waals surface area contributed by atoms with Crippen LogP contribution in [0.25, 0.3) is 5.65 Å². The van der Waals surface area contributed by atoms with Gasteiger partial charge in [-0.05, 0) is 50.7 Å². The predicted molar refractivity (Wildman–Crippen MR) is 110 cm³/mol. The van der Waals surface area contributed by atoms with E-state index in [2.05, 4.69) is 29.7 Å². The highest BCUT2D eigenvalue weighted by Crippen LogP contribution is 2.40. The molecule has 4 heterocycles. The molecule has 0 spiro atoms. The van der Waals surface area contributed by atoms with Crippen molar-refractivity contribution in [3.63, 3.8) is 0 Å². The van der Waals surface area contributed by atoms with Crippen LogP contribution < -0.4 is 15.0 Å². The monoisotopic (exact) mass is 453 g/mol. The van der Waals surface area contributed by atoms with E-state index in [1.807, 2.05) is 6.92 Å². The second-order valence-corrected chi connectivity index (χ2v) is 8.90. The van der Waals surface area contributed by atoms with E-state index in [1.54, 1.807) is 12.3 Å². The van der Waals surface area contributed by atoms with Gasteiger partial charge in [-0.2, -0.15) is 22.5 Å². The first kappa shape index (κ1) is 20.3. The van der Waals surface area contributed by atoms with E-state index in [9.17, 15) is 13.2 Å². The Labute approximate surface area is 180 Å². The third-order valence-corrected chi connectivity index (χ3v) is 6.88. The number of aromatic nitrogens is 5. The largest absolute Gasteiger partial charge is 0.477 e. The SMILES string of the molecule is Cc1nsc(N2C[C@H]3CC[C@@H](C2)[C@@H]3Nc2nc3c(OC(C)C(F)(F)F)cccn3n2)n1. The van der Waals surface area contributed by atoms with Gasteiger partial charge >= 0.3 is 6.18 Å². The zero-order valence-corrected chi connectivity index (χ0v) is 17.8. The number of pyridine rings is 1. The topological polar surface area (TPSA) is 80.5 Å². The zero-order chi connectivity index (χ0) is 21.8. The van der Waals surface area contributed by atoms with Crippen molar-refractivity contribution in [3.8, 4) is 5.75 Å². The van der Waals surface area contributed by atoms with Crippen LogP contribution in [0.3, 0.4) is 0 Å². The van der Waals surface area contributed by atoms with Gasteiger partial charge in [0.1, 0.15) is 5.82 Å². The van der Waals surface area contributed by atoms with Gasteiger partial charge in [0.05, 0.1) is 0 Å². The molecule has 1 N–H and O–H groups in total. The van der Waals surface area contributed by atoms with Crippen LogP contribution in [0.4, 0.5) is 24.3 Å². The highest BCUT2D eigenvalue weighted by atomic mass is 32.1. The van der Waals surface area contributed by atoms with E-state index >= 15 is 0 Å². The molecular weight excluding hydrogens is 431 g/mol. The van der Waals surface area contributed by atoms with Gasteiger partial charge in [-0.25, -0.2) is 9.50 Å². The molecule has 166 valence electrons. The molecule has 1 saturated carbocycles. The summed E-state index contributed by atoms with van der Waals surface area (Å²) in [7, 11) is 0. The molecule has 2 aliphatic rings. The van der Waals surface area contributed by atoms with Crippen molar-refractivity contribution in [3.05, 3.63) is 24.2 Å². The molecule has 0 radical (unpaired) electrons. The quantitative estimate of drug-likeness (QED) is 0.633. The van der Waals surface area contributed by atoms with E-state index in [-0.39, 0.29) is 17.4 Å². The fraction of sp³-hybridized carbons (Fsp3) is 0.579. The second-order valence-electron chi connectivity index (χ2n) is 8.17. The second kappa shape index (κ2) is 7.50. The first-order valence-corrected chi connectivity index (χ1v) is 11.0. The van der Waals surface area contributed by atoms with Crippen LogP contribution in [-0.4, -0.2) is 55.4 Å². The number of nitrogens with zero attached hydrogens (tertiary/aromatic N) is 6. The van der Waals surface area contributed by atoms with Gasteiger partial charge in [0, 0.05) is 36.9 Å². The Morgan fingerprint density at radius 3 is 2.61 bits per heavy atom. The number of piperidine rings is 1. The lowest BCUT2D eigenvalue weighted by Gasteiger charge is -2.37. The molecule has 1 unspecified atom stereocenters. The van der Waals surface area contributed by atoms with Gasteiger partial charge in [0.15, 0.2) is 17.5 Å². The molecule has 0 amide bonds. The Bertz CT molecular complexity index is 1070. The summed E-state index contributed by atoms with van der Waals surface area (Å²) in [6.45, 7) is 4.64. The summed E-state index contributed by atoms with van der Waals surface area (Å²) in [5.74, 6) is 2.07. The molecule has 12 heteroatoms. The van der Waals surface area contributed by atoms with Crippen molar-refractivity contribution in [1.82, 2.24) is 24.0 Å². The normalized spacial score (nSPS) is 24.5. The van der Waals surface area contributed by atoms with Crippen LogP contribution in [0.15, 0.2) is 18.3 Å². The maximum atomic E-state index is 12.9. The van der Waals surface area contributed by atoms with Crippen molar-refractivity contribution in [2.45, 2.75) is 45.0 Å². The lowest BCUT2D eigenvalue weighted by atomic mass is 9.92. The van der Waals surface area contributed by atoms with Gasteiger partial charge in [0.2, 0.25) is 11.1 Å². The maximum Gasteiger partial charge on any atom is 0.425 e. The Morgan fingerprint density at radius 1 is 1.23 bits per heavy atom. The minimum absolute atomic E-state index is 0.0531. The highest BCUT2D eigenvalue weighted by molar-refractivity contribution is 7.09. The summed E-state index contributed by atoms with van der Waals surface area (Å²) in [6, 6.07) is 3.28. The molecule has 4 atom stereocenters. The Morgan fingerprint density at radius 2 is 1.97 bits per heavy atom. The number of ether oxygens (including phenoxy) is 1. The molecule has 8 nitrogen and oxygen atoms in total. The number of aryl methyl sites for hydroxylation is 1. The van der Waals surface area contributed by atoms with Crippen molar-refractivity contribution >= 4 is 28.3 Å². The third kappa shape index (κ3) is 3.88. The molecule has 3 aromatic heterocycles. The fourth-order valence-electron chi connectivity index (χ4n) is 4.47. The number of fused-ring (bicyclic) bond motifs is 3. The Kier molecular flexibility index (Phi) is 4.91. The first-order chi connectivity index (χ1) is 14.8. The Hall–Kier alpha value is -2.63. The van der Waals surface area contributed by atoms with Crippen LogP contribution in [0, 0.1) is 18.8 Å². The van der Waals surface area contributed by atoms with E-state index in [4.69, 9.17) is 4.74 Å². The van der Waals surface area contributed by atoms with Gasteiger partial charge in [-0.3, -0.25) is 0 Å². The molecule has 2 fully saturated rings. The van der Waals surface area contributed by atoms with Gasteiger partial charge in [-0.15, -0.1) is 5.10 Å². The minimum atomic E-state index is -4.45. The fourth-order valence-corrected chi connectivity index (χ4v) is 5.16. The number of alkyl halides is 3. The number of halogens is 3. The highest BCUT2D eigenvalue weighted by Gasteiger charge is 2.43. The van der Waals surface area contributed by atoms with E-state index in [0.717, 1.165) is 43.8 Å². The molecule has 5 rings (SSSR count). The minimum Gasteiger partial charge on any atom is -0.477 e. The van der Waals surface area contributed by atoms with Crippen molar-refractivity contribution in [1.29, 1.82) is 0 Å². The number of hydrogen-bond donors (Lipinski definition) is 1. The van der Waals surface area contributed by atoms with Crippen molar-refractivity contribution in [2.75, 3.05) is 23.3 Å². The average Bonchev–Trinajstić information content (AvgIpc) is 3.38. The summed E-state index contributed by atoms with van der Waals surface area (Å²) < 4.78 is 49.6. The molecule has 3 aromatic rings. The number of hydrogen-bond acceptors (Lipinski definition) is 8. The van der Waals surface area contributed by atoms with Gasteiger partial charge < -0.3 is 15.0 Å². The van der Waals surface area contributed by atoms with Crippen LogP contribution >= 0.6 is 11.5 Å². The van der Waals surface area contributed by atoms with Crippen LogP contribution in [-0.2, 0) is 0 Å². The number of nitrogens with one attached hydrogen (secondary N) is 1. The molecule has 31 heavy (non-hydrogen) atoms. The van der Waals surface area contributed by atoms with E-state index in [1.165, 1.54) is 22.1 Å². The van der Waals surface area contributed by atoms with Crippen molar-refractivity contribution in [2.24, 2.45) is 11.8 Å². The van der Waals surface area contributed by atoms with E-state index in [0.29, 0.717) is 17.8 Å². The molecule has 1 aliphatic carbocycles. The standard InChI is InChI=1S/C19H22F3N7OS/c1-10(19(20,21)22)30-14-4-3-7-29-16(14)25-17(26-29)24-15-12-5-6-13(15)9-28(8-12)18-23-11(2)27-31-18/h3-4,7,10,12-13,15H,5-6,8-9H2,1-2H3,(H,24,26)/t10?,12-,13+,15-. The summed E-state index contributed by atoms with van der Waals surface area (Å²) in [6.07, 6.45) is -2.54. The lowest BCUT2D eigenvalue weighted by molar-refractivity contribution is -0.189. The zero-order valence-electron chi connectivity index (χ0n) is 17.0. The first-order valence-electron chi connectivity index (χ1n) is 10.2. The third-order valence-electron chi connectivity index (χ3n) is 6.01. The van der Waals surface area contributed by atoms with Crippen LogP contribution in [0.5, 0.6) is 5.75 Å². The molecule has 1 saturated heterocycles. The molecule has 1 aliphatic heterocycles. The van der Waals surface area contributed by atoms with E-state index < -0.39 is 12.3 Å². The lowest BCUT2D eigenvalue weighted by Crippen LogP contribution is -2.48. The van der Waals surface area contributed by atoms with Gasteiger partial charge in [-0.1, -0.05) is 0 Å². The number of anilines is 2. The summed E-state index contributed by atoms with van der Waals surface area (Å²) in [5.41, 5.74) is 0.259. The molecule has 2 bridgehead atoms. The van der Waals surface area contributed by atoms with Crippen LogP contribution in [0.2, 0.25) is 0 Å². The van der Waals surface area contributed by atoms with Crippen molar-refractivity contribution < 1.29 is 17.9 Å². The summed E-state index contributed by atoms with van der Waals surface area (Å²) in [5, 5.41) is 8.81. The number of rotatable bonds is 5. The molecular formula is C19H22F3N7OS. The Balaban J connectivity index is 1.33. The van der Waals surface area contributed by atoms with Gasteiger partial charge in [0.25, 0.3) is 0 Å². The summed E-state index contributed by atoms with van der Waals surface area (Å²) >= 11 is 1.43. The van der Waals surface area contributed by atoms with Crippen LogP contribution in [0.1, 0.15) is 25.6 Å². The summed E-state index contributed by atoms with van der Waals surface area (Å²) in [4.78, 5) is 11.2. The molecule has 0 aromatic carbocycles. The average molecular weight is 453 g/mol. The maximum absolute atomic E-state index is 12.9. The smallest absolute Gasteiger partial charge is 0.425 e. The predicted octanol–water partition coefficient (Wildman–Crippen LogP) is 3.55.